The Balaban J connectivity index is 2.10. The van der Waals surface area contributed by atoms with Crippen LogP contribution in [0.4, 0.5) is 0 Å². The number of aryl methyl sites for hydroxylation is 1. The van der Waals surface area contributed by atoms with E-state index in [1.54, 1.807) is 6.33 Å². The summed E-state index contributed by atoms with van der Waals surface area (Å²) in [4.78, 5) is 7.25. The van der Waals surface area contributed by atoms with Crippen LogP contribution in [0.1, 0.15) is 24.2 Å². The first-order valence-electron chi connectivity index (χ1n) is 4.59. The van der Waals surface area contributed by atoms with E-state index >= 15 is 0 Å². The Hall–Kier alpha value is -0.970. The number of amidine groups is 1. The van der Waals surface area contributed by atoms with Crippen LogP contribution in [-0.2, 0) is 5.75 Å². The Labute approximate surface area is 88.2 Å². The topological polar surface area (TPSA) is 78.5 Å². The van der Waals surface area contributed by atoms with Gasteiger partial charge in [-0.1, -0.05) is 0 Å². The number of hydrogen-bond acceptors (Lipinski definition) is 3. The molecule has 14 heavy (non-hydrogen) atoms. The molecule has 0 aliphatic carbocycles. The molecule has 1 heterocycles. The molecule has 0 atom stereocenters. The molecule has 0 radical (unpaired) electrons. The molecule has 1 aromatic heterocycles. The smallest absolute Gasteiger partial charge is 0.0925 e. The molecule has 4 N–H and O–H groups in total. The maximum atomic E-state index is 7.05. The molecule has 4 nitrogen and oxygen atoms in total. The van der Waals surface area contributed by atoms with Crippen LogP contribution in [0.3, 0.4) is 0 Å². The van der Waals surface area contributed by atoms with E-state index in [1.807, 2.05) is 18.7 Å². The number of hydrogen-bond donors (Lipinski definition) is 3. The Morgan fingerprint density at radius 1 is 1.71 bits per heavy atom. The first kappa shape index (κ1) is 11.1. The van der Waals surface area contributed by atoms with Crippen molar-refractivity contribution in [3.8, 4) is 0 Å². The van der Waals surface area contributed by atoms with Crippen LogP contribution in [0.15, 0.2) is 6.33 Å². The molecule has 5 heteroatoms. The molecular formula is C9H16N4S. The van der Waals surface area contributed by atoms with Crippen molar-refractivity contribution in [3.05, 3.63) is 17.7 Å². The van der Waals surface area contributed by atoms with Gasteiger partial charge in [-0.05, 0) is 19.1 Å². The molecule has 0 saturated carbocycles. The number of aromatic nitrogens is 2. The van der Waals surface area contributed by atoms with Gasteiger partial charge in [-0.2, -0.15) is 11.8 Å². The first-order chi connectivity index (χ1) is 6.70. The molecule has 0 aliphatic rings. The summed E-state index contributed by atoms with van der Waals surface area (Å²) in [5.41, 5.74) is 7.52. The van der Waals surface area contributed by atoms with Crippen molar-refractivity contribution in [1.29, 1.82) is 5.41 Å². The van der Waals surface area contributed by atoms with Crippen molar-refractivity contribution < 1.29 is 0 Å². The van der Waals surface area contributed by atoms with E-state index in [0.29, 0.717) is 6.42 Å². The van der Waals surface area contributed by atoms with Crippen LogP contribution in [-0.4, -0.2) is 21.6 Å². The molecule has 78 valence electrons. The fraction of sp³-hybridized carbons (Fsp3) is 0.556. The third kappa shape index (κ3) is 3.83. The zero-order valence-electron chi connectivity index (χ0n) is 8.34. The van der Waals surface area contributed by atoms with Gasteiger partial charge in [0.2, 0.25) is 0 Å². The highest BCUT2D eigenvalue weighted by Crippen LogP contribution is 2.13. The monoisotopic (exact) mass is 212 g/mol. The standard InChI is InChI=1S/C9H16N4S/c1-7-8(13-6-12-7)5-14-4-2-3-9(10)11/h6H,2-5H2,1H3,(H3,10,11)(H,12,13). The van der Waals surface area contributed by atoms with E-state index in [0.717, 1.165) is 29.3 Å². The number of aromatic amines is 1. The minimum atomic E-state index is 0.279. The van der Waals surface area contributed by atoms with E-state index < -0.39 is 0 Å². The van der Waals surface area contributed by atoms with Crippen molar-refractivity contribution in [2.75, 3.05) is 5.75 Å². The number of thioether (sulfide) groups is 1. The van der Waals surface area contributed by atoms with Gasteiger partial charge in [0.1, 0.15) is 0 Å². The van der Waals surface area contributed by atoms with E-state index in [9.17, 15) is 0 Å². The second-order valence-corrected chi connectivity index (χ2v) is 4.26. The fourth-order valence-electron chi connectivity index (χ4n) is 1.07. The lowest BCUT2D eigenvalue weighted by Crippen LogP contribution is -2.08. The second kappa shape index (κ2) is 5.70. The lowest BCUT2D eigenvalue weighted by Gasteiger charge is -1.99. The van der Waals surface area contributed by atoms with Crippen LogP contribution >= 0.6 is 11.8 Å². The molecule has 0 aliphatic heterocycles. The van der Waals surface area contributed by atoms with Crippen molar-refractivity contribution in [2.45, 2.75) is 25.5 Å². The van der Waals surface area contributed by atoms with Gasteiger partial charge in [-0.25, -0.2) is 4.98 Å². The van der Waals surface area contributed by atoms with Crippen LogP contribution in [0.5, 0.6) is 0 Å². The average molecular weight is 212 g/mol. The number of nitrogens with zero attached hydrogens (tertiary/aromatic N) is 1. The van der Waals surface area contributed by atoms with Gasteiger partial charge in [-0.3, -0.25) is 5.41 Å². The van der Waals surface area contributed by atoms with E-state index in [2.05, 4.69) is 9.97 Å². The average Bonchev–Trinajstić information content (AvgIpc) is 2.51. The number of imidazole rings is 1. The molecule has 0 unspecified atom stereocenters. The molecule has 0 bridgehead atoms. The SMILES string of the molecule is Cc1[nH]cnc1CSCCCC(=N)N. The van der Waals surface area contributed by atoms with Crippen molar-refractivity contribution in [3.63, 3.8) is 0 Å². The first-order valence-corrected chi connectivity index (χ1v) is 5.75. The van der Waals surface area contributed by atoms with Gasteiger partial charge in [0, 0.05) is 17.9 Å². The third-order valence-electron chi connectivity index (χ3n) is 1.91. The summed E-state index contributed by atoms with van der Waals surface area (Å²) in [6.07, 6.45) is 3.40. The molecule has 0 spiro atoms. The van der Waals surface area contributed by atoms with Gasteiger partial charge >= 0.3 is 0 Å². The highest BCUT2D eigenvalue weighted by atomic mass is 32.2. The van der Waals surface area contributed by atoms with Gasteiger partial charge in [0.15, 0.2) is 0 Å². The third-order valence-corrected chi connectivity index (χ3v) is 2.96. The van der Waals surface area contributed by atoms with Crippen LogP contribution in [0.2, 0.25) is 0 Å². The largest absolute Gasteiger partial charge is 0.388 e. The summed E-state index contributed by atoms with van der Waals surface area (Å²) in [5.74, 6) is 2.25. The maximum Gasteiger partial charge on any atom is 0.0925 e. The molecule has 0 amide bonds. The lowest BCUT2D eigenvalue weighted by atomic mass is 10.3. The number of nitrogens with two attached hydrogens (primary N) is 1. The molecule has 0 aromatic carbocycles. The maximum absolute atomic E-state index is 7.05. The quantitative estimate of drug-likeness (QED) is 0.381. The molecule has 1 rings (SSSR count). The molecule has 0 saturated heterocycles. The zero-order chi connectivity index (χ0) is 10.4. The van der Waals surface area contributed by atoms with Crippen molar-refractivity contribution in [2.24, 2.45) is 5.73 Å². The molecular weight excluding hydrogens is 196 g/mol. The summed E-state index contributed by atoms with van der Waals surface area (Å²) in [7, 11) is 0. The highest BCUT2D eigenvalue weighted by molar-refractivity contribution is 7.98. The number of H-pyrrole nitrogens is 1. The Morgan fingerprint density at radius 2 is 2.50 bits per heavy atom. The second-order valence-electron chi connectivity index (χ2n) is 3.16. The summed E-state index contributed by atoms with van der Waals surface area (Å²) in [5, 5.41) is 7.05. The minimum Gasteiger partial charge on any atom is -0.388 e. The zero-order valence-corrected chi connectivity index (χ0v) is 9.16. The van der Waals surface area contributed by atoms with E-state index in [-0.39, 0.29) is 5.84 Å². The predicted octanol–water partition coefficient (Wildman–Crippen LogP) is 1.67. The van der Waals surface area contributed by atoms with Crippen LogP contribution < -0.4 is 5.73 Å². The normalized spacial score (nSPS) is 10.4. The van der Waals surface area contributed by atoms with Crippen molar-refractivity contribution in [1.82, 2.24) is 9.97 Å². The van der Waals surface area contributed by atoms with Gasteiger partial charge < -0.3 is 10.7 Å². The van der Waals surface area contributed by atoms with Gasteiger partial charge in [0.05, 0.1) is 17.9 Å². The van der Waals surface area contributed by atoms with Gasteiger partial charge in [0.25, 0.3) is 0 Å². The summed E-state index contributed by atoms with van der Waals surface area (Å²) < 4.78 is 0. The van der Waals surface area contributed by atoms with E-state index in [4.69, 9.17) is 11.1 Å². The Morgan fingerprint density at radius 3 is 3.07 bits per heavy atom. The Bertz CT molecular complexity index is 295. The summed E-state index contributed by atoms with van der Waals surface area (Å²) >= 11 is 1.83. The van der Waals surface area contributed by atoms with E-state index in [1.165, 1.54) is 0 Å². The summed E-state index contributed by atoms with van der Waals surface area (Å²) in [6.45, 7) is 2.03. The van der Waals surface area contributed by atoms with Gasteiger partial charge in [-0.15, -0.1) is 0 Å². The Kier molecular flexibility index (Phi) is 4.52. The molecule has 1 aromatic rings. The van der Waals surface area contributed by atoms with Crippen molar-refractivity contribution >= 4 is 17.6 Å². The fourth-order valence-corrected chi connectivity index (χ4v) is 2.04. The molecule has 0 fully saturated rings. The predicted molar refractivity (Wildman–Crippen MR) is 60.6 cm³/mol. The highest BCUT2D eigenvalue weighted by Gasteiger charge is 2.00. The number of rotatable bonds is 6. The van der Waals surface area contributed by atoms with Crippen LogP contribution in [0.25, 0.3) is 0 Å². The summed E-state index contributed by atoms with van der Waals surface area (Å²) in [6, 6.07) is 0. The van der Waals surface area contributed by atoms with Crippen LogP contribution in [0, 0.1) is 12.3 Å². The lowest BCUT2D eigenvalue weighted by molar-refractivity contribution is 0.987. The number of nitrogens with one attached hydrogen (secondary N) is 2. The minimum absolute atomic E-state index is 0.279.